The average molecular weight is 226 g/mol. The Labute approximate surface area is 102 Å². The zero-order valence-corrected chi connectivity index (χ0v) is 11.6. The second-order valence-corrected chi connectivity index (χ2v) is 5.42. The molecule has 0 aliphatic carbocycles. The summed E-state index contributed by atoms with van der Waals surface area (Å²) >= 11 is 0. The normalized spacial score (nSPS) is 24.9. The lowest BCUT2D eigenvalue weighted by Crippen LogP contribution is -2.50. The Morgan fingerprint density at radius 3 is 2.56 bits per heavy atom. The van der Waals surface area contributed by atoms with E-state index in [-0.39, 0.29) is 0 Å². The van der Waals surface area contributed by atoms with Gasteiger partial charge in [0, 0.05) is 24.7 Å². The molecule has 2 nitrogen and oxygen atoms in total. The van der Waals surface area contributed by atoms with Crippen LogP contribution in [0.1, 0.15) is 59.8 Å². The molecule has 16 heavy (non-hydrogen) atoms. The van der Waals surface area contributed by atoms with Crippen LogP contribution in [0.2, 0.25) is 0 Å². The molecule has 0 aromatic heterocycles. The minimum Gasteiger partial charge on any atom is -0.313 e. The van der Waals surface area contributed by atoms with E-state index in [0.29, 0.717) is 6.04 Å². The molecule has 1 saturated heterocycles. The monoisotopic (exact) mass is 226 g/mol. The van der Waals surface area contributed by atoms with E-state index in [4.69, 9.17) is 0 Å². The van der Waals surface area contributed by atoms with E-state index < -0.39 is 0 Å². The van der Waals surface area contributed by atoms with Crippen LogP contribution in [0.5, 0.6) is 0 Å². The van der Waals surface area contributed by atoms with Crippen molar-refractivity contribution in [3.63, 3.8) is 0 Å². The smallest absolute Gasteiger partial charge is 0.0221 e. The maximum atomic E-state index is 3.60. The van der Waals surface area contributed by atoms with Gasteiger partial charge in [-0.1, -0.05) is 34.1 Å². The van der Waals surface area contributed by atoms with Gasteiger partial charge in [-0.15, -0.1) is 0 Å². The lowest BCUT2D eigenvalue weighted by Gasteiger charge is -2.41. The molecule has 0 spiro atoms. The van der Waals surface area contributed by atoms with E-state index in [1.54, 1.807) is 0 Å². The third-order valence-electron chi connectivity index (χ3n) is 3.85. The van der Waals surface area contributed by atoms with Gasteiger partial charge in [0.25, 0.3) is 0 Å². The first-order valence-corrected chi connectivity index (χ1v) is 7.18. The minimum absolute atomic E-state index is 0.610. The first kappa shape index (κ1) is 14.0. The zero-order valence-electron chi connectivity index (χ0n) is 11.6. The fourth-order valence-corrected chi connectivity index (χ4v) is 2.81. The standard InChI is InChI=1S/C14H30N2/c1-5-13-9-7-8-10-16(13)14(6-2)11-15-12(3)4/h12-15H,5-11H2,1-4H3. The largest absolute Gasteiger partial charge is 0.313 e. The molecule has 1 aliphatic rings. The molecule has 1 rings (SSSR count). The number of nitrogens with zero attached hydrogens (tertiary/aromatic N) is 1. The van der Waals surface area contributed by atoms with Crippen molar-refractivity contribution in [2.24, 2.45) is 0 Å². The summed E-state index contributed by atoms with van der Waals surface area (Å²) in [5, 5.41) is 3.60. The lowest BCUT2D eigenvalue weighted by molar-refractivity contribution is 0.0871. The van der Waals surface area contributed by atoms with Crippen LogP contribution in [-0.4, -0.2) is 36.1 Å². The Morgan fingerprint density at radius 1 is 1.25 bits per heavy atom. The van der Waals surface area contributed by atoms with Crippen LogP contribution in [0.25, 0.3) is 0 Å². The Morgan fingerprint density at radius 2 is 2.00 bits per heavy atom. The van der Waals surface area contributed by atoms with E-state index in [0.717, 1.165) is 18.6 Å². The number of nitrogens with one attached hydrogen (secondary N) is 1. The summed E-state index contributed by atoms with van der Waals surface area (Å²) in [6.45, 7) is 11.6. The van der Waals surface area contributed by atoms with E-state index in [2.05, 4.69) is 37.9 Å². The first-order valence-electron chi connectivity index (χ1n) is 7.18. The number of rotatable bonds is 6. The summed E-state index contributed by atoms with van der Waals surface area (Å²) in [6, 6.07) is 2.19. The highest BCUT2D eigenvalue weighted by molar-refractivity contribution is 4.83. The number of hydrogen-bond acceptors (Lipinski definition) is 2. The molecule has 1 aliphatic heterocycles. The lowest BCUT2D eigenvalue weighted by atomic mass is 9.97. The summed E-state index contributed by atoms with van der Waals surface area (Å²) in [5.74, 6) is 0. The SMILES string of the molecule is CCC1CCCCN1C(CC)CNC(C)C. The topological polar surface area (TPSA) is 15.3 Å². The van der Waals surface area contributed by atoms with Gasteiger partial charge in [0.15, 0.2) is 0 Å². The van der Waals surface area contributed by atoms with Crippen molar-refractivity contribution in [1.29, 1.82) is 0 Å². The van der Waals surface area contributed by atoms with Crippen molar-refractivity contribution in [2.45, 2.75) is 77.9 Å². The van der Waals surface area contributed by atoms with Gasteiger partial charge in [-0.25, -0.2) is 0 Å². The van der Waals surface area contributed by atoms with Crippen LogP contribution < -0.4 is 5.32 Å². The second kappa shape index (κ2) is 7.29. The molecule has 0 aromatic carbocycles. The predicted molar refractivity (Wildman–Crippen MR) is 71.9 cm³/mol. The fourth-order valence-electron chi connectivity index (χ4n) is 2.81. The first-order chi connectivity index (χ1) is 7.69. The Bertz CT molecular complexity index is 180. The van der Waals surface area contributed by atoms with Crippen LogP contribution in [0.3, 0.4) is 0 Å². The Balaban J connectivity index is 2.48. The molecule has 0 saturated carbocycles. The van der Waals surface area contributed by atoms with Gasteiger partial charge in [0.05, 0.1) is 0 Å². The Hall–Kier alpha value is -0.0800. The van der Waals surface area contributed by atoms with Crippen LogP contribution >= 0.6 is 0 Å². The minimum atomic E-state index is 0.610. The molecule has 2 unspecified atom stereocenters. The van der Waals surface area contributed by atoms with Gasteiger partial charge in [0.2, 0.25) is 0 Å². The van der Waals surface area contributed by atoms with Crippen molar-refractivity contribution in [3.05, 3.63) is 0 Å². The molecule has 96 valence electrons. The number of piperidine rings is 1. The quantitative estimate of drug-likeness (QED) is 0.749. The van der Waals surface area contributed by atoms with Crippen LogP contribution in [-0.2, 0) is 0 Å². The summed E-state index contributed by atoms with van der Waals surface area (Å²) in [7, 11) is 0. The molecular weight excluding hydrogens is 196 g/mol. The second-order valence-electron chi connectivity index (χ2n) is 5.42. The number of hydrogen-bond donors (Lipinski definition) is 1. The van der Waals surface area contributed by atoms with Crippen LogP contribution in [0, 0.1) is 0 Å². The van der Waals surface area contributed by atoms with E-state index in [1.165, 1.54) is 38.6 Å². The van der Waals surface area contributed by atoms with Crippen molar-refractivity contribution in [1.82, 2.24) is 10.2 Å². The Kier molecular flexibility index (Phi) is 6.37. The van der Waals surface area contributed by atoms with Gasteiger partial charge in [-0.2, -0.15) is 0 Å². The predicted octanol–water partition coefficient (Wildman–Crippen LogP) is 3.03. The molecule has 2 atom stereocenters. The molecule has 1 fully saturated rings. The highest BCUT2D eigenvalue weighted by Gasteiger charge is 2.26. The summed E-state index contributed by atoms with van der Waals surface area (Å²) in [4.78, 5) is 2.76. The highest BCUT2D eigenvalue weighted by Crippen LogP contribution is 2.22. The molecule has 0 bridgehead atoms. The maximum Gasteiger partial charge on any atom is 0.0221 e. The van der Waals surface area contributed by atoms with E-state index in [1.807, 2.05) is 0 Å². The summed E-state index contributed by atoms with van der Waals surface area (Å²) < 4.78 is 0. The van der Waals surface area contributed by atoms with Gasteiger partial charge in [-0.05, 0) is 32.2 Å². The van der Waals surface area contributed by atoms with Crippen molar-refractivity contribution in [3.8, 4) is 0 Å². The van der Waals surface area contributed by atoms with Crippen LogP contribution in [0.15, 0.2) is 0 Å². The van der Waals surface area contributed by atoms with E-state index >= 15 is 0 Å². The highest BCUT2D eigenvalue weighted by atomic mass is 15.2. The van der Waals surface area contributed by atoms with Crippen molar-refractivity contribution >= 4 is 0 Å². The zero-order chi connectivity index (χ0) is 12.0. The van der Waals surface area contributed by atoms with Gasteiger partial charge in [0.1, 0.15) is 0 Å². The van der Waals surface area contributed by atoms with Gasteiger partial charge >= 0.3 is 0 Å². The maximum absolute atomic E-state index is 3.60. The molecule has 0 amide bonds. The van der Waals surface area contributed by atoms with E-state index in [9.17, 15) is 0 Å². The third kappa shape index (κ3) is 4.06. The molecule has 1 heterocycles. The van der Waals surface area contributed by atoms with Gasteiger partial charge < -0.3 is 5.32 Å². The molecule has 0 radical (unpaired) electrons. The average Bonchev–Trinajstić information content (AvgIpc) is 2.30. The fraction of sp³-hybridized carbons (Fsp3) is 1.00. The van der Waals surface area contributed by atoms with Gasteiger partial charge in [-0.3, -0.25) is 4.90 Å². The molecule has 2 heteroatoms. The third-order valence-corrected chi connectivity index (χ3v) is 3.85. The number of likely N-dealkylation sites (tertiary alicyclic amines) is 1. The summed E-state index contributed by atoms with van der Waals surface area (Å²) in [5.41, 5.74) is 0. The summed E-state index contributed by atoms with van der Waals surface area (Å²) in [6.07, 6.45) is 6.83. The van der Waals surface area contributed by atoms with Crippen LogP contribution in [0.4, 0.5) is 0 Å². The molecule has 1 N–H and O–H groups in total. The van der Waals surface area contributed by atoms with Crippen molar-refractivity contribution < 1.29 is 0 Å². The molecule has 0 aromatic rings. The molecular formula is C14H30N2. The van der Waals surface area contributed by atoms with Crippen molar-refractivity contribution in [2.75, 3.05) is 13.1 Å².